The Morgan fingerprint density at radius 2 is 2.11 bits per heavy atom. The molecule has 0 aliphatic rings. The second kappa shape index (κ2) is 6.17. The van der Waals surface area contributed by atoms with Crippen LogP contribution in [0.15, 0.2) is 18.2 Å². The summed E-state index contributed by atoms with van der Waals surface area (Å²) in [5.41, 5.74) is 1.45. The standard InChI is InChI=1S/C13H18N2O4/c1-8(2)11(7-13(16)17)14-12-6-10(15(18)19)5-4-9(12)3/h4-6,8,11,14H,7H2,1-3H3,(H,16,17). The van der Waals surface area contributed by atoms with Gasteiger partial charge >= 0.3 is 5.97 Å². The number of carboxylic acids is 1. The molecule has 0 bridgehead atoms. The van der Waals surface area contributed by atoms with Gasteiger partial charge in [0.25, 0.3) is 5.69 Å². The molecular weight excluding hydrogens is 248 g/mol. The van der Waals surface area contributed by atoms with E-state index in [2.05, 4.69) is 5.32 Å². The van der Waals surface area contributed by atoms with E-state index in [-0.39, 0.29) is 24.1 Å². The van der Waals surface area contributed by atoms with Crippen LogP contribution < -0.4 is 5.32 Å². The Balaban J connectivity index is 2.98. The number of anilines is 1. The molecule has 0 radical (unpaired) electrons. The molecule has 0 saturated heterocycles. The molecule has 19 heavy (non-hydrogen) atoms. The minimum atomic E-state index is -0.894. The van der Waals surface area contributed by atoms with Gasteiger partial charge in [0.1, 0.15) is 0 Å². The smallest absolute Gasteiger partial charge is 0.305 e. The summed E-state index contributed by atoms with van der Waals surface area (Å²) < 4.78 is 0. The number of benzene rings is 1. The zero-order chi connectivity index (χ0) is 14.6. The highest BCUT2D eigenvalue weighted by Gasteiger charge is 2.18. The Hall–Kier alpha value is -2.11. The quantitative estimate of drug-likeness (QED) is 0.610. The minimum absolute atomic E-state index is 0.00840. The van der Waals surface area contributed by atoms with Gasteiger partial charge in [-0.05, 0) is 18.4 Å². The summed E-state index contributed by atoms with van der Waals surface area (Å²) in [6.45, 7) is 5.64. The van der Waals surface area contributed by atoms with Crippen LogP contribution in [-0.2, 0) is 4.79 Å². The third-order valence-corrected chi connectivity index (χ3v) is 2.97. The topological polar surface area (TPSA) is 92.5 Å². The third-order valence-electron chi connectivity index (χ3n) is 2.97. The number of nitrogens with one attached hydrogen (secondary N) is 1. The molecular formula is C13H18N2O4. The first-order valence-corrected chi connectivity index (χ1v) is 6.04. The van der Waals surface area contributed by atoms with Crippen molar-refractivity contribution in [1.82, 2.24) is 0 Å². The summed E-state index contributed by atoms with van der Waals surface area (Å²) in [6, 6.07) is 4.26. The number of rotatable bonds is 6. The van der Waals surface area contributed by atoms with Crippen LogP contribution in [0, 0.1) is 23.0 Å². The van der Waals surface area contributed by atoms with Gasteiger partial charge in [0.2, 0.25) is 0 Å². The molecule has 2 N–H and O–H groups in total. The fourth-order valence-electron chi connectivity index (χ4n) is 1.72. The van der Waals surface area contributed by atoms with E-state index < -0.39 is 10.9 Å². The van der Waals surface area contributed by atoms with E-state index >= 15 is 0 Å². The first-order chi connectivity index (χ1) is 8.81. The van der Waals surface area contributed by atoms with E-state index in [1.807, 2.05) is 20.8 Å². The van der Waals surface area contributed by atoms with Crippen molar-refractivity contribution in [3.8, 4) is 0 Å². The molecule has 0 aromatic heterocycles. The highest BCUT2D eigenvalue weighted by atomic mass is 16.6. The number of aryl methyl sites for hydroxylation is 1. The van der Waals surface area contributed by atoms with E-state index in [1.165, 1.54) is 12.1 Å². The van der Waals surface area contributed by atoms with Crippen molar-refractivity contribution in [1.29, 1.82) is 0 Å². The summed E-state index contributed by atoms with van der Waals surface area (Å²) >= 11 is 0. The number of non-ortho nitro benzene ring substituents is 1. The molecule has 6 nitrogen and oxygen atoms in total. The van der Waals surface area contributed by atoms with Crippen LogP contribution in [0.5, 0.6) is 0 Å². The van der Waals surface area contributed by atoms with Crippen LogP contribution in [-0.4, -0.2) is 22.0 Å². The van der Waals surface area contributed by atoms with Crippen LogP contribution in [0.1, 0.15) is 25.8 Å². The lowest BCUT2D eigenvalue weighted by atomic mass is 10.00. The SMILES string of the molecule is Cc1ccc([N+](=O)[O-])cc1NC(CC(=O)O)C(C)C. The maximum absolute atomic E-state index is 10.8. The molecule has 1 rings (SSSR count). The molecule has 0 amide bonds. The minimum Gasteiger partial charge on any atom is -0.481 e. The van der Waals surface area contributed by atoms with Crippen molar-refractivity contribution in [3.05, 3.63) is 33.9 Å². The van der Waals surface area contributed by atoms with Crippen LogP contribution in [0.3, 0.4) is 0 Å². The second-order valence-corrected chi connectivity index (χ2v) is 4.85. The maximum atomic E-state index is 10.8. The molecule has 0 aliphatic carbocycles. The lowest BCUT2D eigenvalue weighted by molar-refractivity contribution is -0.384. The molecule has 0 heterocycles. The summed E-state index contributed by atoms with van der Waals surface area (Å²) in [5, 5.41) is 22.7. The van der Waals surface area contributed by atoms with Gasteiger partial charge in [-0.2, -0.15) is 0 Å². The van der Waals surface area contributed by atoms with Gasteiger partial charge in [0.05, 0.1) is 11.3 Å². The van der Waals surface area contributed by atoms with Crippen molar-refractivity contribution in [3.63, 3.8) is 0 Å². The zero-order valence-corrected chi connectivity index (χ0v) is 11.2. The largest absolute Gasteiger partial charge is 0.481 e. The Morgan fingerprint density at radius 1 is 1.47 bits per heavy atom. The molecule has 1 atom stereocenters. The van der Waals surface area contributed by atoms with Crippen molar-refractivity contribution in [2.24, 2.45) is 5.92 Å². The van der Waals surface area contributed by atoms with E-state index in [0.717, 1.165) is 5.56 Å². The Kier molecular flexibility index (Phi) is 4.86. The monoisotopic (exact) mass is 266 g/mol. The first-order valence-electron chi connectivity index (χ1n) is 6.04. The number of carboxylic acid groups (broad SMARTS) is 1. The maximum Gasteiger partial charge on any atom is 0.305 e. The number of nitrogens with zero attached hydrogens (tertiary/aromatic N) is 1. The fraction of sp³-hybridized carbons (Fsp3) is 0.462. The van der Waals surface area contributed by atoms with Gasteiger partial charge in [0, 0.05) is 23.9 Å². The van der Waals surface area contributed by atoms with Crippen molar-refractivity contribution >= 4 is 17.3 Å². The van der Waals surface area contributed by atoms with Crippen molar-refractivity contribution in [2.75, 3.05) is 5.32 Å². The van der Waals surface area contributed by atoms with Gasteiger partial charge < -0.3 is 10.4 Å². The molecule has 0 saturated carbocycles. The highest BCUT2D eigenvalue weighted by Crippen LogP contribution is 2.24. The van der Waals surface area contributed by atoms with Crippen molar-refractivity contribution < 1.29 is 14.8 Å². The number of aliphatic carboxylic acids is 1. The third kappa shape index (κ3) is 4.24. The zero-order valence-electron chi connectivity index (χ0n) is 11.2. The summed E-state index contributed by atoms with van der Waals surface area (Å²) in [6.07, 6.45) is -0.0280. The lowest BCUT2D eigenvalue weighted by Crippen LogP contribution is -2.28. The van der Waals surface area contributed by atoms with Crippen LogP contribution in [0.25, 0.3) is 0 Å². The predicted octanol–water partition coefficient (Wildman–Crippen LogP) is 2.81. The average molecular weight is 266 g/mol. The molecule has 1 aromatic rings. The molecule has 104 valence electrons. The molecule has 0 spiro atoms. The second-order valence-electron chi connectivity index (χ2n) is 4.85. The molecule has 1 unspecified atom stereocenters. The Bertz CT molecular complexity index is 486. The van der Waals surface area contributed by atoms with E-state index in [0.29, 0.717) is 5.69 Å². The molecule has 6 heteroatoms. The number of nitro benzene ring substituents is 1. The molecule has 1 aromatic carbocycles. The predicted molar refractivity (Wildman–Crippen MR) is 72.3 cm³/mol. The number of hydrogen-bond donors (Lipinski definition) is 2. The molecule has 0 fully saturated rings. The number of carbonyl (C=O) groups is 1. The summed E-state index contributed by atoms with van der Waals surface area (Å²) in [7, 11) is 0. The van der Waals surface area contributed by atoms with Crippen LogP contribution in [0.4, 0.5) is 11.4 Å². The van der Waals surface area contributed by atoms with E-state index in [4.69, 9.17) is 5.11 Å². The van der Waals surface area contributed by atoms with E-state index in [1.54, 1.807) is 6.07 Å². The number of hydrogen-bond acceptors (Lipinski definition) is 4. The van der Waals surface area contributed by atoms with Crippen molar-refractivity contribution in [2.45, 2.75) is 33.2 Å². The first kappa shape index (κ1) is 14.9. The van der Waals surface area contributed by atoms with Crippen LogP contribution in [0.2, 0.25) is 0 Å². The van der Waals surface area contributed by atoms with Gasteiger partial charge in [-0.15, -0.1) is 0 Å². The lowest BCUT2D eigenvalue weighted by Gasteiger charge is -2.22. The van der Waals surface area contributed by atoms with Gasteiger partial charge in [-0.1, -0.05) is 19.9 Å². The normalized spacial score (nSPS) is 12.2. The average Bonchev–Trinajstić information content (AvgIpc) is 2.29. The fourth-order valence-corrected chi connectivity index (χ4v) is 1.72. The van der Waals surface area contributed by atoms with E-state index in [9.17, 15) is 14.9 Å². The van der Waals surface area contributed by atoms with Crippen LogP contribution >= 0.6 is 0 Å². The highest BCUT2D eigenvalue weighted by molar-refractivity contribution is 5.69. The van der Waals surface area contributed by atoms with Gasteiger partial charge in [-0.3, -0.25) is 14.9 Å². The Labute approximate surface area is 111 Å². The Morgan fingerprint density at radius 3 is 2.58 bits per heavy atom. The summed E-state index contributed by atoms with van der Waals surface area (Å²) in [5.74, 6) is -0.788. The summed E-state index contributed by atoms with van der Waals surface area (Å²) in [4.78, 5) is 21.1. The van der Waals surface area contributed by atoms with Gasteiger partial charge in [0.15, 0.2) is 0 Å². The van der Waals surface area contributed by atoms with Gasteiger partial charge in [-0.25, -0.2) is 0 Å². The number of nitro groups is 1. The molecule has 0 aliphatic heterocycles.